The zero-order valence-corrected chi connectivity index (χ0v) is 13.7. The lowest BCUT2D eigenvalue weighted by Gasteiger charge is -2.16. The van der Waals surface area contributed by atoms with Crippen molar-refractivity contribution in [3.05, 3.63) is 70.1 Å². The third-order valence-corrected chi connectivity index (χ3v) is 4.53. The molecule has 0 unspecified atom stereocenters. The number of rotatable bonds is 3. The molecule has 1 aliphatic heterocycles. The van der Waals surface area contributed by atoms with Crippen molar-refractivity contribution in [2.24, 2.45) is 0 Å². The Bertz CT molecular complexity index is 745. The minimum absolute atomic E-state index is 0.159. The number of carbonyl (C=O) groups excluding carboxylic acids is 1. The van der Waals surface area contributed by atoms with Crippen LogP contribution < -0.4 is 5.43 Å². The molecular formula is C16H11ClN2OS2. The van der Waals surface area contributed by atoms with Crippen LogP contribution in [-0.2, 0) is 4.79 Å². The van der Waals surface area contributed by atoms with Gasteiger partial charge in [-0.05, 0) is 48.1 Å². The summed E-state index contributed by atoms with van der Waals surface area (Å²) in [4.78, 5) is 13.0. The first-order valence-electron chi connectivity index (χ1n) is 6.49. The van der Waals surface area contributed by atoms with Crippen LogP contribution in [0.2, 0.25) is 5.02 Å². The number of amides is 1. The number of para-hydroxylation sites is 1. The van der Waals surface area contributed by atoms with Crippen LogP contribution in [0.3, 0.4) is 0 Å². The molecule has 1 heterocycles. The highest BCUT2D eigenvalue weighted by atomic mass is 35.5. The molecule has 1 aliphatic rings. The van der Waals surface area contributed by atoms with E-state index >= 15 is 0 Å². The first-order valence-corrected chi connectivity index (χ1v) is 8.09. The summed E-state index contributed by atoms with van der Waals surface area (Å²) in [6.07, 6.45) is 1.81. The Hall–Kier alpha value is -1.82. The Kier molecular flexibility index (Phi) is 4.47. The predicted octanol–water partition coefficient (Wildman–Crippen LogP) is 4.57. The minimum Gasteiger partial charge on any atom is -0.290 e. The lowest BCUT2D eigenvalue weighted by molar-refractivity contribution is -0.121. The molecule has 0 spiro atoms. The van der Waals surface area contributed by atoms with E-state index in [1.165, 1.54) is 16.8 Å². The standard InChI is InChI=1S/C16H11ClN2OS2/c17-12-8-6-11(7-9-12)10-14-15(20)19(16(21)22-14)18-13-4-2-1-3-5-13/h1-10,18H/b14-10+. The smallest absolute Gasteiger partial charge is 0.285 e. The summed E-state index contributed by atoms with van der Waals surface area (Å²) in [5.41, 5.74) is 4.74. The Balaban J connectivity index is 1.80. The van der Waals surface area contributed by atoms with E-state index in [2.05, 4.69) is 5.43 Å². The highest BCUT2D eigenvalue weighted by molar-refractivity contribution is 8.26. The van der Waals surface area contributed by atoms with E-state index in [9.17, 15) is 4.79 Å². The van der Waals surface area contributed by atoms with Crippen molar-refractivity contribution in [3.8, 4) is 0 Å². The molecule has 0 bridgehead atoms. The van der Waals surface area contributed by atoms with Crippen LogP contribution in [0.5, 0.6) is 0 Å². The molecule has 1 fully saturated rings. The Labute approximate surface area is 142 Å². The van der Waals surface area contributed by atoms with Crippen molar-refractivity contribution in [1.82, 2.24) is 5.01 Å². The van der Waals surface area contributed by atoms with Crippen LogP contribution in [0.25, 0.3) is 6.08 Å². The van der Waals surface area contributed by atoms with Crippen LogP contribution >= 0.6 is 35.6 Å². The molecule has 110 valence electrons. The number of thioether (sulfide) groups is 1. The van der Waals surface area contributed by atoms with Gasteiger partial charge in [0.05, 0.1) is 10.6 Å². The van der Waals surface area contributed by atoms with Gasteiger partial charge in [-0.15, -0.1) is 0 Å². The first kappa shape index (κ1) is 15.1. The predicted molar refractivity (Wildman–Crippen MR) is 96.5 cm³/mol. The lowest BCUT2D eigenvalue weighted by Crippen LogP contribution is -2.33. The molecule has 0 aromatic heterocycles. The van der Waals surface area contributed by atoms with Crippen molar-refractivity contribution in [3.63, 3.8) is 0 Å². The molecule has 1 saturated heterocycles. The van der Waals surface area contributed by atoms with Crippen molar-refractivity contribution >= 4 is 57.6 Å². The van der Waals surface area contributed by atoms with E-state index in [4.69, 9.17) is 23.8 Å². The van der Waals surface area contributed by atoms with Crippen molar-refractivity contribution < 1.29 is 4.79 Å². The monoisotopic (exact) mass is 346 g/mol. The molecule has 6 heteroatoms. The number of nitrogens with zero attached hydrogens (tertiary/aromatic N) is 1. The number of anilines is 1. The average molecular weight is 347 g/mol. The second-order valence-electron chi connectivity index (χ2n) is 4.55. The van der Waals surface area contributed by atoms with Gasteiger partial charge in [-0.1, -0.05) is 53.7 Å². The number of thiocarbonyl (C=S) groups is 1. The number of hydrazine groups is 1. The van der Waals surface area contributed by atoms with Gasteiger partial charge in [0.25, 0.3) is 5.91 Å². The zero-order valence-electron chi connectivity index (χ0n) is 11.3. The highest BCUT2D eigenvalue weighted by Crippen LogP contribution is 2.32. The maximum atomic E-state index is 12.5. The SMILES string of the molecule is O=C1/C(=C\c2ccc(Cl)cc2)SC(=S)N1Nc1ccccc1. The summed E-state index contributed by atoms with van der Waals surface area (Å²) in [7, 11) is 0. The number of carbonyl (C=O) groups is 1. The third kappa shape index (κ3) is 3.32. The summed E-state index contributed by atoms with van der Waals surface area (Å²) < 4.78 is 0.481. The summed E-state index contributed by atoms with van der Waals surface area (Å²) in [5.74, 6) is -0.159. The van der Waals surface area contributed by atoms with Crippen molar-refractivity contribution in [2.75, 3.05) is 5.43 Å². The van der Waals surface area contributed by atoms with Gasteiger partial charge in [0.15, 0.2) is 4.32 Å². The molecule has 0 radical (unpaired) electrons. The second kappa shape index (κ2) is 6.52. The molecule has 1 amide bonds. The van der Waals surface area contributed by atoms with Crippen LogP contribution in [0.1, 0.15) is 5.56 Å². The molecular weight excluding hydrogens is 336 g/mol. The van der Waals surface area contributed by atoms with Gasteiger partial charge in [-0.25, -0.2) is 5.01 Å². The van der Waals surface area contributed by atoms with E-state index in [1.54, 1.807) is 12.1 Å². The van der Waals surface area contributed by atoms with E-state index in [1.807, 2.05) is 48.5 Å². The van der Waals surface area contributed by atoms with E-state index in [-0.39, 0.29) is 5.91 Å². The third-order valence-electron chi connectivity index (χ3n) is 2.98. The van der Waals surface area contributed by atoms with E-state index in [0.717, 1.165) is 11.3 Å². The van der Waals surface area contributed by atoms with Gasteiger partial charge in [0, 0.05) is 5.02 Å². The van der Waals surface area contributed by atoms with Gasteiger partial charge in [0.1, 0.15) is 0 Å². The normalized spacial score (nSPS) is 16.4. The summed E-state index contributed by atoms with van der Waals surface area (Å²) >= 11 is 12.4. The number of benzene rings is 2. The molecule has 3 rings (SSSR count). The quantitative estimate of drug-likeness (QED) is 0.652. The number of hydrogen-bond donors (Lipinski definition) is 1. The maximum absolute atomic E-state index is 12.5. The molecule has 1 N–H and O–H groups in total. The van der Waals surface area contributed by atoms with Crippen LogP contribution in [0.4, 0.5) is 5.69 Å². The largest absolute Gasteiger partial charge is 0.290 e. The van der Waals surface area contributed by atoms with E-state index < -0.39 is 0 Å². The maximum Gasteiger partial charge on any atom is 0.285 e. The van der Waals surface area contributed by atoms with Gasteiger partial charge in [-0.2, -0.15) is 0 Å². The summed E-state index contributed by atoms with van der Waals surface area (Å²) in [5, 5.41) is 2.05. The molecule has 22 heavy (non-hydrogen) atoms. The molecule has 2 aromatic rings. The van der Waals surface area contributed by atoms with Crippen LogP contribution in [-0.4, -0.2) is 15.2 Å². The number of hydrogen-bond acceptors (Lipinski definition) is 4. The van der Waals surface area contributed by atoms with Crippen LogP contribution in [0.15, 0.2) is 59.5 Å². The van der Waals surface area contributed by atoms with Gasteiger partial charge in [-0.3, -0.25) is 10.2 Å². The average Bonchev–Trinajstić information content (AvgIpc) is 2.78. The van der Waals surface area contributed by atoms with Gasteiger partial charge < -0.3 is 0 Å². The Morgan fingerprint density at radius 3 is 2.45 bits per heavy atom. The molecule has 3 nitrogen and oxygen atoms in total. The topological polar surface area (TPSA) is 32.3 Å². The van der Waals surface area contributed by atoms with Crippen molar-refractivity contribution in [1.29, 1.82) is 0 Å². The fraction of sp³-hybridized carbons (Fsp3) is 0. The minimum atomic E-state index is -0.159. The highest BCUT2D eigenvalue weighted by Gasteiger charge is 2.32. The van der Waals surface area contributed by atoms with E-state index in [0.29, 0.717) is 14.2 Å². The Morgan fingerprint density at radius 2 is 1.77 bits per heavy atom. The lowest BCUT2D eigenvalue weighted by atomic mass is 10.2. The van der Waals surface area contributed by atoms with Crippen LogP contribution in [0, 0.1) is 0 Å². The summed E-state index contributed by atoms with van der Waals surface area (Å²) in [6, 6.07) is 16.7. The first-order chi connectivity index (χ1) is 10.6. The number of halogens is 1. The molecule has 0 saturated carbocycles. The second-order valence-corrected chi connectivity index (χ2v) is 6.66. The van der Waals surface area contributed by atoms with Gasteiger partial charge >= 0.3 is 0 Å². The van der Waals surface area contributed by atoms with Crippen molar-refractivity contribution in [2.45, 2.75) is 0 Å². The Morgan fingerprint density at radius 1 is 1.09 bits per heavy atom. The molecule has 0 aliphatic carbocycles. The fourth-order valence-electron chi connectivity index (χ4n) is 1.92. The molecule has 0 atom stereocenters. The zero-order chi connectivity index (χ0) is 15.5. The van der Waals surface area contributed by atoms with Gasteiger partial charge in [0.2, 0.25) is 0 Å². The number of nitrogens with one attached hydrogen (secondary N) is 1. The summed E-state index contributed by atoms with van der Waals surface area (Å²) in [6.45, 7) is 0. The molecule has 2 aromatic carbocycles. The fourth-order valence-corrected chi connectivity index (χ4v) is 3.22.